The van der Waals surface area contributed by atoms with Crippen LogP contribution in [0, 0.1) is 5.92 Å². The Balaban J connectivity index is 2.14. The zero-order chi connectivity index (χ0) is 22.3. The van der Waals surface area contributed by atoms with Crippen LogP contribution in [0.2, 0.25) is 0 Å². The lowest BCUT2D eigenvalue weighted by Gasteiger charge is -2.25. The molecule has 0 aliphatic carbocycles. The summed E-state index contributed by atoms with van der Waals surface area (Å²) in [7, 11) is -1.76. The molecule has 160 valence electrons. The fraction of sp³-hybridized carbons (Fsp3) is 0.381. The highest BCUT2D eigenvalue weighted by atomic mass is 16.4. The largest absolute Gasteiger partial charge is 0.475 e. The van der Waals surface area contributed by atoms with Gasteiger partial charge < -0.3 is 25.8 Å². The molecule has 0 bridgehead atoms. The molecular weight excluding hydrogens is 385 g/mol. The Labute approximate surface area is 176 Å². The summed E-state index contributed by atoms with van der Waals surface area (Å²) in [6, 6.07) is 13.0. The molecular formula is C21H28BN3O5. The van der Waals surface area contributed by atoms with Crippen molar-refractivity contribution in [2.75, 3.05) is 0 Å². The van der Waals surface area contributed by atoms with E-state index in [1.54, 1.807) is 12.1 Å². The second kappa shape index (κ2) is 10.9. The van der Waals surface area contributed by atoms with E-state index in [1.807, 2.05) is 44.2 Å². The number of aliphatic hydroxyl groups excluding tert-OH is 1. The number of amides is 2. The summed E-state index contributed by atoms with van der Waals surface area (Å²) in [4.78, 5) is 29.6. The molecule has 1 aromatic heterocycles. The Bertz CT molecular complexity index is 846. The number of pyridine rings is 1. The van der Waals surface area contributed by atoms with Crippen molar-refractivity contribution >= 4 is 18.9 Å². The third-order valence-electron chi connectivity index (χ3n) is 4.52. The molecule has 0 aliphatic heterocycles. The molecule has 3 atom stereocenters. The third-order valence-corrected chi connectivity index (χ3v) is 4.52. The van der Waals surface area contributed by atoms with Gasteiger partial charge in [0, 0.05) is 5.56 Å². The topological polar surface area (TPSA) is 132 Å². The van der Waals surface area contributed by atoms with Gasteiger partial charge in [-0.2, -0.15) is 0 Å². The molecule has 0 unspecified atom stereocenters. The Hall–Kier alpha value is -2.75. The van der Waals surface area contributed by atoms with Crippen LogP contribution in [-0.2, 0) is 4.79 Å². The molecule has 0 radical (unpaired) electrons. The van der Waals surface area contributed by atoms with Crippen LogP contribution in [0.25, 0.3) is 11.3 Å². The van der Waals surface area contributed by atoms with E-state index < -0.39 is 37.0 Å². The minimum Gasteiger partial charge on any atom is -0.426 e. The molecule has 2 rings (SSSR count). The fourth-order valence-corrected chi connectivity index (χ4v) is 2.99. The van der Waals surface area contributed by atoms with Gasteiger partial charge in [-0.25, -0.2) is 4.98 Å². The molecule has 5 N–H and O–H groups in total. The van der Waals surface area contributed by atoms with Crippen LogP contribution in [0.5, 0.6) is 0 Å². The second-order valence-electron chi connectivity index (χ2n) is 7.62. The van der Waals surface area contributed by atoms with E-state index in [4.69, 9.17) is 0 Å². The first-order chi connectivity index (χ1) is 14.2. The number of hydrogen-bond acceptors (Lipinski definition) is 6. The van der Waals surface area contributed by atoms with Gasteiger partial charge in [-0.05, 0) is 31.4 Å². The molecule has 0 saturated carbocycles. The van der Waals surface area contributed by atoms with Gasteiger partial charge in [0.1, 0.15) is 11.7 Å². The Morgan fingerprint density at radius 2 is 1.67 bits per heavy atom. The molecule has 30 heavy (non-hydrogen) atoms. The van der Waals surface area contributed by atoms with E-state index in [-0.39, 0.29) is 11.6 Å². The van der Waals surface area contributed by atoms with Crippen molar-refractivity contribution in [1.29, 1.82) is 0 Å². The molecule has 0 saturated heterocycles. The highest BCUT2D eigenvalue weighted by Crippen LogP contribution is 2.16. The maximum Gasteiger partial charge on any atom is 0.475 e. The van der Waals surface area contributed by atoms with Gasteiger partial charge in [-0.1, -0.05) is 50.2 Å². The SMILES string of the molecule is CC(C)C[C@H](NC(=O)[C@@H](NC(=O)c1cccc(-c2ccccc2)n1)[C@H](C)O)B(O)O. The van der Waals surface area contributed by atoms with Gasteiger partial charge in [-0.3, -0.25) is 9.59 Å². The quantitative estimate of drug-likeness (QED) is 0.386. The number of benzene rings is 1. The minimum atomic E-state index is -1.76. The lowest BCUT2D eigenvalue weighted by Crippen LogP contribution is -2.57. The van der Waals surface area contributed by atoms with Gasteiger partial charge in [0.15, 0.2) is 0 Å². The van der Waals surface area contributed by atoms with Crippen LogP contribution < -0.4 is 10.6 Å². The average Bonchev–Trinajstić information content (AvgIpc) is 2.71. The lowest BCUT2D eigenvalue weighted by atomic mass is 9.75. The predicted octanol–water partition coefficient (Wildman–Crippen LogP) is 0.771. The summed E-state index contributed by atoms with van der Waals surface area (Å²) in [6.07, 6.45) is -0.883. The van der Waals surface area contributed by atoms with Crippen molar-refractivity contribution in [1.82, 2.24) is 15.6 Å². The summed E-state index contributed by atoms with van der Waals surface area (Å²) in [5.74, 6) is -2.16. The number of nitrogens with one attached hydrogen (secondary N) is 2. The van der Waals surface area contributed by atoms with E-state index in [0.717, 1.165) is 5.56 Å². The molecule has 2 aromatic rings. The number of nitrogens with zero attached hydrogens (tertiary/aromatic N) is 1. The fourth-order valence-electron chi connectivity index (χ4n) is 2.99. The van der Waals surface area contributed by atoms with Crippen LogP contribution in [0.4, 0.5) is 0 Å². The van der Waals surface area contributed by atoms with Crippen LogP contribution in [0.1, 0.15) is 37.7 Å². The van der Waals surface area contributed by atoms with Crippen molar-refractivity contribution < 1.29 is 24.7 Å². The number of rotatable bonds is 9. The van der Waals surface area contributed by atoms with Crippen molar-refractivity contribution in [3.8, 4) is 11.3 Å². The van der Waals surface area contributed by atoms with Gasteiger partial charge in [-0.15, -0.1) is 0 Å². The Morgan fingerprint density at radius 3 is 2.23 bits per heavy atom. The highest BCUT2D eigenvalue weighted by Gasteiger charge is 2.32. The first kappa shape index (κ1) is 23.5. The minimum absolute atomic E-state index is 0.0933. The molecule has 1 aromatic carbocycles. The zero-order valence-electron chi connectivity index (χ0n) is 17.3. The normalized spacial score (nSPS) is 14.0. The number of aromatic nitrogens is 1. The first-order valence-electron chi connectivity index (χ1n) is 9.87. The van der Waals surface area contributed by atoms with Gasteiger partial charge in [0.2, 0.25) is 5.91 Å². The molecule has 0 aliphatic rings. The van der Waals surface area contributed by atoms with Gasteiger partial charge in [0.05, 0.1) is 17.7 Å². The summed E-state index contributed by atoms with van der Waals surface area (Å²) in [5.41, 5.74) is 1.53. The summed E-state index contributed by atoms with van der Waals surface area (Å²) in [6.45, 7) is 5.12. The van der Waals surface area contributed by atoms with Gasteiger partial charge >= 0.3 is 7.12 Å². The van der Waals surface area contributed by atoms with Crippen molar-refractivity contribution in [2.45, 2.75) is 45.3 Å². The molecule has 0 spiro atoms. The van der Waals surface area contributed by atoms with Crippen LogP contribution in [0.15, 0.2) is 48.5 Å². The smallest absolute Gasteiger partial charge is 0.426 e. The molecule has 8 nitrogen and oxygen atoms in total. The lowest BCUT2D eigenvalue weighted by molar-refractivity contribution is -0.125. The van der Waals surface area contributed by atoms with Crippen LogP contribution in [-0.4, -0.2) is 57.2 Å². The first-order valence-corrected chi connectivity index (χ1v) is 9.87. The monoisotopic (exact) mass is 413 g/mol. The number of carbonyl (C=O) groups is 2. The van der Waals surface area contributed by atoms with Crippen molar-refractivity contribution in [2.24, 2.45) is 5.92 Å². The van der Waals surface area contributed by atoms with Crippen molar-refractivity contribution in [3.63, 3.8) is 0 Å². The summed E-state index contributed by atoms with van der Waals surface area (Å²) < 4.78 is 0. The maximum absolute atomic E-state index is 12.7. The van der Waals surface area contributed by atoms with Crippen LogP contribution >= 0.6 is 0 Å². The molecule has 0 fully saturated rings. The van der Waals surface area contributed by atoms with E-state index in [0.29, 0.717) is 12.1 Å². The molecule has 1 heterocycles. The number of carbonyl (C=O) groups excluding carboxylic acids is 2. The highest BCUT2D eigenvalue weighted by molar-refractivity contribution is 6.43. The predicted molar refractivity (Wildman–Crippen MR) is 114 cm³/mol. The van der Waals surface area contributed by atoms with E-state index in [2.05, 4.69) is 15.6 Å². The van der Waals surface area contributed by atoms with Crippen molar-refractivity contribution in [3.05, 3.63) is 54.2 Å². The zero-order valence-corrected chi connectivity index (χ0v) is 17.3. The maximum atomic E-state index is 12.7. The van der Waals surface area contributed by atoms with E-state index in [9.17, 15) is 24.7 Å². The second-order valence-corrected chi connectivity index (χ2v) is 7.62. The van der Waals surface area contributed by atoms with E-state index in [1.165, 1.54) is 13.0 Å². The summed E-state index contributed by atoms with van der Waals surface area (Å²) >= 11 is 0. The van der Waals surface area contributed by atoms with Gasteiger partial charge in [0.25, 0.3) is 5.91 Å². The standard InChI is InChI=1S/C21H28BN3O5/c1-13(2)12-18(22(29)30)24-21(28)19(14(3)26)25-20(27)17-11-7-10-16(23-17)15-8-5-4-6-9-15/h4-11,13-14,18-19,26,29-30H,12H2,1-3H3,(H,24,28)(H,25,27)/t14-,18-,19-/m0/s1. The average molecular weight is 413 g/mol. The Kier molecular flexibility index (Phi) is 8.52. The third kappa shape index (κ3) is 6.65. The molecule has 9 heteroatoms. The number of aliphatic hydroxyl groups is 1. The Morgan fingerprint density at radius 1 is 1.00 bits per heavy atom. The molecule has 2 amide bonds. The van der Waals surface area contributed by atoms with E-state index >= 15 is 0 Å². The van der Waals surface area contributed by atoms with Crippen LogP contribution in [0.3, 0.4) is 0 Å². The number of hydrogen-bond donors (Lipinski definition) is 5. The summed E-state index contributed by atoms with van der Waals surface area (Å²) in [5, 5.41) is 34.0.